The molecule has 4 atom stereocenters. The zero-order valence-corrected chi connectivity index (χ0v) is 21.6. The summed E-state index contributed by atoms with van der Waals surface area (Å²) in [5.74, 6) is 0.640. The van der Waals surface area contributed by atoms with Crippen molar-refractivity contribution < 1.29 is 19.4 Å². The monoisotopic (exact) mass is 541 g/mol. The normalized spacial score (nSPS) is 20.1. The minimum atomic E-state index is -1.31. The molecule has 204 valence electrons. The van der Waals surface area contributed by atoms with Gasteiger partial charge in [0, 0.05) is 24.1 Å². The van der Waals surface area contributed by atoms with Crippen LogP contribution in [0.2, 0.25) is 0 Å². The lowest BCUT2D eigenvalue weighted by atomic mass is 10.1. The number of aliphatic hydroxyl groups is 1. The van der Waals surface area contributed by atoms with E-state index in [4.69, 9.17) is 15.0 Å². The number of nitrogens with one attached hydrogen (secondary N) is 2. The number of rotatable bonds is 10. The van der Waals surface area contributed by atoms with Gasteiger partial charge in [-0.15, -0.1) is 0 Å². The van der Waals surface area contributed by atoms with Gasteiger partial charge in [0.15, 0.2) is 23.2 Å². The van der Waals surface area contributed by atoms with Crippen molar-refractivity contribution in [2.24, 2.45) is 5.11 Å². The summed E-state index contributed by atoms with van der Waals surface area (Å²) in [5.41, 5.74) is 12.6. The Balaban J connectivity index is 1.39. The van der Waals surface area contributed by atoms with Crippen molar-refractivity contribution in [3.05, 3.63) is 94.9 Å². The summed E-state index contributed by atoms with van der Waals surface area (Å²) < 4.78 is 13.4. The van der Waals surface area contributed by atoms with Crippen molar-refractivity contribution in [1.82, 2.24) is 24.8 Å². The molecular weight excluding hydrogens is 514 g/mol. The number of hydrogen-bond acceptors (Lipinski definition) is 9. The first-order valence-corrected chi connectivity index (χ1v) is 12.5. The smallest absolute Gasteiger partial charge is 0.249 e. The third-order valence-electron chi connectivity index (χ3n) is 6.56. The minimum Gasteiger partial charge on any atom is -0.489 e. The molecule has 1 saturated heterocycles. The van der Waals surface area contributed by atoms with E-state index in [0.29, 0.717) is 35.9 Å². The van der Waals surface area contributed by atoms with Gasteiger partial charge in [-0.1, -0.05) is 54.2 Å². The molecule has 0 spiro atoms. The number of azide groups is 1. The second kappa shape index (κ2) is 11.8. The van der Waals surface area contributed by atoms with E-state index in [2.05, 4.69) is 42.2 Å². The van der Waals surface area contributed by atoms with E-state index in [1.54, 1.807) is 6.08 Å². The maximum Gasteiger partial charge on any atom is 0.249 e. The second-order valence-corrected chi connectivity index (χ2v) is 8.99. The van der Waals surface area contributed by atoms with Gasteiger partial charge in [0.25, 0.3) is 0 Å². The maximum atomic E-state index is 12.3. The number of carbonyl (C=O) groups excluding carboxylic acids is 1. The fourth-order valence-corrected chi connectivity index (χ4v) is 4.52. The predicted molar refractivity (Wildman–Crippen MR) is 147 cm³/mol. The summed E-state index contributed by atoms with van der Waals surface area (Å²) in [4.78, 5) is 28.2. The molecule has 0 radical (unpaired) electrons. The number of hydrogen-bond donors (Lipinski definition) is 3. The maximum absolute atomic E-state index is 12.3. The molecule has 5 rings (SSSR count). The fraction of sp³-hybridized carbons (Fsp3) is 0.259. The molecule has 1 fully saturated rings. The SMILES string of the molecule is C=Cc1ccc(OCc2ccccc2)c(CNc2ncnc3c2ncn3[C@@H]2O[C@H](C(=O)NC)[C@@H](N=[N+]=[N-])[C@H]2O)c1. The highest BCUT2D eigenvalue weighted by Crippen LogP contribution is 2.34. The van der Waals surface area contributed by atoms with Gasteiger partial charge in [0.2, 0.25) is 5.91 Å². The van der Waals surface area contributed by atoms with Crippen LogP contribution in [0.15, 0.2) is 72.9 Å². The standard InChI is InChI=1S/C27H27N9O4/c1-3-16-9-10-19(39-13-17-7-5-4-6-8-17)18(11-16)12-30-24-21-25(32-14-31-24)36(15-33-21)27-22(37)20(34-35-28)23(40-27)26(38)29-2/h3-11,14-15,20,22-23,27,37H,1,12-13H2,2H3,(H,29,38)(H,30,31,32)/t20-,22+,23-,27+/m0/s1. The molecule has 2 aromatic heterocycles. The molecule has 1 aliphatic heterocycles. The molecule has 3 N–H and O–H groups in total. The van der Waals surface area contributed by atoms with Gasteiger partial charge < -0.3 is 25.2 Å². The lowest BCUT2D eigenvalue weighted by Gasteiger charge is -2.17. The van der Waals surface area contributed by atoms with Gasteiger partial charge in [0.05, 0.1) is 6.33 Å². The average Bonchev–Trinajstić information content (AvgIpc) is 3.56. The van der Waals surface area contributed by atoms with Crippen molar-refractivity contribution >= 4 is 29.0 Å². The highest BCUT2D eigenvalue weighted by atomic mass is 16.5. The van der Waals surface area contributed by atoms with E-state index >= 15 is 0 Å². The van der Waals surface area contributed by atoms with Gasteiger partial charge >= 0.3 is 0 Å². The topological polar surface area (TPSA) is 172 Å². The minimum absolute atomic E-state index is 0.360. The van der Waals surface area contributed by atoms with Crippen molar-refractivity contribution in [3.8, 4) is 5.75 Å². The third kappa shape index (κ3) is 5.29. The molecule has 0 saturated carbocycles. The summed E-state index contributed by atoms with van der Waals surface area (Å²) in [7, 11) is 1.43. The highest BCUT2D eigenvalue weighted by molar-refractivity contribution is 5.83. The Labute approximate surface area is 229 Å². The number of anilines is 1. The zero-order chi connectivity index (χ0) is 28.1. The number of aromatic nitrogens is 4. The van der Waals surface area contributed by atoms with Gasteiger partial charge in [-0.2, -0.15) is 0 Å². The second-order valence-electron chi connectivity index (χ2n) is 8.99. The van der Waals surface area contributed by atoms with Crippen LogP contribution in [0.1, 0.15) is 22.9 Å². The van der Waals surface area contributed by atoms with E-state index in [1.165, 1.54) is 24.3 Å². The van der Waals surface area contributed by atoms with Crippen LogP contribution < -0.4 is 15.4 Å². The van der Waals surface area contributed by atoms with Gasteiger partial charge in [-0.25, -0.2) is 15.0 Å². The largest absolute Gasteiger partial charge is 0.489 e. The Hall–Kier alpha value is -4.97. The Kier molecular flexibility index (Phi) is 7.87. The van der Waals surface area contributed by atoms with E-state index in [1.807, 2.05) is 48.5 Å². The Bertz CT molecular complexity index is 1570. The molecule has 40 heavy (non-hydrogen) atoms. The van der Waals surface area contributed by atoms with Crippen LogP contribution in [0.4, 0.5) is 5.82 Å². The molecule has 0 unspecified atom stereocenters. The molecule has 4 aromatic rings. The van der Waals surface area contributed by atoms with Gasteiger partial charge in [-0.05, 0) is 28.8 Å². The van der Waals surface area contributed by atoms with Crippen molar-refractivity contribution in [3.63, 3.8) is 0 Å². The summed E-state index contributed by atoms with van der Waals surface area (Å²) in [6.45, 7) is 4.65. The van der Waals surface area contributed by atoms with Crippen LogP contribution in [-0.2, 0) is 22.7 Å². The molecule has 1 amide bonds. The van der Waals surface area contributed by atoms with E-state index < -0.39 is 30.4 Å². The van der Waals surface area contributed by atoms with E-state index in [9.17, 15) is 9.90 Å². The summed E-state index contributed by atoms with van der Waals surface area (Å²) in [5, 5.41) is 20.2. The number of imidazole rings is 1. The fourth-order valence-electron chi connectivity index (χ4n) is 4.52. The number of likely N-dealkylation sites (N-methyl/N-ethyl adjacent to an activating group) is 1. The number of amides is 1. The molecule has 0 aliphatic carbocycles. The Morgan fingerprint density at radius 2 is 2.10 bits per heavy atom. The number of benzene rings is 2. The molecule has 0 bridgehead atoms. The van der Waals surface area contributed by atoms with E-state index in [0.717, 1.165) is 16.7 Å². The quantitative estimate of drug-likeness (QED) is 0.156. The number of aliphatic hydroxyl groups excluding tert-OH is 1. The Morgan fingerprint density at radius 3 is 2.85 bits per heavy atom. The van der Waals surface area contributed by atoms with Crippen molar-refractivity contribution in [2.75, 3.05) is 12.4 Å². The highest BCUT2D eigenvalue weighted by Gasteiger charge is 2.48. The number of ether oxygens (including phenoxy) is 2. The third-order valence-corrected chi connectivity index (χ3v) is 6.56. The van der Waals surface area contributed by atoms with Gasteiger partial charge in [-0.3, -0.25) is 9.36 Å². The van der Waals surface area contributed by atoms with Crippen LogP contribution in [-0.4, -0.2) is 55.8 Å². The molecule has 13 heteroatoms. The molecular formula is C27H27N9O4. The lowest BCUT2D eigenvalue weighted by molar-refractivity contribution is -0.134. The van der Waals surface area contributed by atoms with E-state index in [-0.39, 0.29) is 0 Å². The number of carbonyl (C=O) groups is 1. The molecule has 1 aliphatic rings. The van der Waals surface area contributed by atoms with Crippen molar-refractivity contribution in [2.45, 2.75) is 37.6 Å². The van der Waals surface area contributed by atoms with Crippen LogP contribution in [0.5, 0.6) is 5.75 Å². The van der Waals surface area contributed by atoms with Crippen molar-refractivity contribution in [1.29, 1.82) is 0 Å². The van der Waals surface area contributed by atoms with Gasteiger partial charge in [0.1, 0.15) is 36.9 Å². The first kappa shape index (κ1) is 26.6. The zero-order valence-electron chi connectivity index (χ0n) is 21.6. The molecule has 13 nitrogen and oxygen atoms in total. The molecule has 2 aromatic carbocycles. The summed E-state index contributed by atoms with van der Waals surface area (Å²) in [6, 6.07) is 14.6. The molecule has 3 heterocycles. The first-order valence-electron chi connectivity index (χ1n) is 12.5. The summed E-state index contributed by atoms with van der Waals surface area (Å²) in [6.07, 6.45) is 1.01. The first-order chi connectivity index (χ1) is 19.5. The van der Waals surface area contributed by atoms with Crippen LogP contribution >= 0.6 is 0 Å². The number of nitrogens with zero attached hydrogens (tertiary/aromatic N) is 7. The Morgan fingerprint density at radius 1 is 1.27 bits per heavy atom. The predicted octanol–water partition coefficient (Wildman–Crippen LogP) is 3.34. The van der Waals surface area contributed by atoms with Crippen LogP contribution in [0, 0.1) is 0 Å². The summed E-state index contributed by atoms with van der Waals surface area (Å²) >= 11 is 0. The van der Waals surface area contributed by atoms with Crippen LogP contribution in [0.3, 0.4) is 0 Å². The van der Waals surface area contributed by atoms with Crippen LogP contribution in [0.25, 0.3) is 27.7 Å². The number of fused-ring (bicyclic) bond motifs is 1. The lowest BCUT2D eigenvalue weighted by Crippen LogP contribution is -2.40. The average molecular weight is 542 g/mol.